The quantitative estimate of drug-likeness (QED) is 0.283. The van der Waals surface area contributed by atoms with Crippen LogP contribution in [0, 0.1) is 6.07 Å². The fourth-order valence-electron chi connectivity index (χ4n) is 3.51. The van der Waals surface area contributed by atoms with Gasteiger partial charge in [-0.25, -0.2) is 0 Å². The number of hydrogen-bond donors (Lipinski definition) is 0. The van der Waals surface area contributed by atoms with Gasteiger partial charge in [-0.05, 0) is 52.1 Å². The largest absolute Gasteiger partial charge is 0.0654 e. The van der Waals surface area contributed by atoms with Crippen LogP contribution in [-0.4, -0.2) is 0 Å². The maximum atomic E-state index is 3.58. The predicted octanol–water partition coefficient (Wildman–Crippen LogP) is 7.48. The zero-order chi connectivity index (χ0) is 16.6. The van der Waals surface area contributed by atoms with Gasteiger partial charge in [0.25, 0.3) is 0 Å². The lowest BCUT2D eigenvalue weighted by atomic mass is 9.99. The Kier molecular flexibility index (Phi) is 6.29. The van der Waals surface area contributed by atoms with Crippen LogP contribution in [-0.2, 0) is 6.42 Å². The van der Waals surface area contributed by atoms with E-state index >= 15 is 0 Å². The molecular formula is C24H29. The first kappa shape index (κ1) is 17.0. The van der Waals surface area contributed by atoms with Crippen molar-refractivity contribution in [2.24, 2.45) is 0 Å². The summed E-state index contributed by atoms with van der Waals surface area (Å²) in [6, 6.07) is 21.3. The molecule has 1 radical (unpaired) electrons. The van der Waals surface area contributed by atoms with E-state index in [1.165, 1.54) is 84.9 Å². The Morgan fingerprint density at radius 2 is 1.38 bits per heavy atom. The highest BCUT2D eigenvalue weighted by molar-refractivity contribution is 5.97. The third kappa shape index (κ3) is 4.60. The first-order valence-electron chi connectivity index (χ1n) is 9.70. The van der Waals surface area contributed by atoms with Crippen LogP contribution in [0.25, 0.3) is 21.5 Å². The minimum absolute atomic E-state index is 1.20. The van der Waals surface area contributed by atoms with Crippen molar-refractivity contribution in [1.29, 1.82) is 0 Å². The average molecular weight is 317 g/mol. The first-order chi connectivity index (χ1) is 11.9. The lowest BCUT2D eigenvalue weighted by Crippen LogP contribution is -1.87. The van der Waals surface area contributed by atoms with Crippen molar-refractivity contribution in [1.82, 2.24) is 0 Å². The second kappa shape index (κ2) is 8.87. The second-order valence-corrected chi connectivity index (χ2v) is 7.00. The smallest absolute Gasteiger partial charge is 0.00142 e. The molecule has 0 unspecified atom stereocenters. The van der Waals surface area contributed by atoms with Gasteiger partial charge in [-0.3, -0.25) is 0 Å². The van der Waals surface area contributed by atoms with E-state index in [-0.39, 0.29) is 0 Å². The molecule has 24 heavy (non-hydrogen) atoms. The van der Waals surface area contributed by atoms with Gasteiger partial charge in [-0.2, -0.15) is 0 Å². The lowest BCUT2D eigenvalue weighted by Gasteiger charge is -2.06. The number of benzene rings is 3. The number of rotatable bonds is 9. The second-order valence-electron chi connectivity index (χ2n) is 7.00. The molecule has 0 aliphatic heterocycles. The molecule has 0 aromatic heterocycles. The lowest BCUT2D eigenvalue weighted by molar-refractivity contribution is 0.575. The normalized spacial score (nSPS) is 11.4. The molecule has 0 nitrogen and oxygen atoms in total. The fraction of sp³-hybridized carbons (Fsp3) is 0.417. The van der Waals surface area contributed by atoms with Gasteiger partial charge >= 0.3 is 0 Å². The monoisotopic (exact) mass is 317 g/mol. The van der Waals surface area contributed by atoms with Crippen LogP contribution in [0.4, 0.5) is 0 Å². The summed E-state index contributed by atoms with van der Waals surface area (Å²) >= 11 is 0. The molecule has 3 aromatic rings. The molecule has 125 valence electrons. The van der Waals surface area contributed by atoms with Crippen LogP contribution < -0.4 is 0 Å². The van der Waals surface area contributed by atoms with Crippen molar-refractivity contribution >= 4 is 21.5 Å². The summed E-state index contributed by atoms with van der Waals surface area (Å²) in [6.45, 7) is 2.28. The highest BCUT2D eigenvalue weighted by atomic mass is 14.1. The van der Waals surface area contributed by atoms with E-state index in [2.05, 4.69) is 61.5 Å². The zero-order valence-electron chi connectivity index (χ0n) is 15.0. The minimum atomic E-state index is 1.20. The van der Waals surface area contributed by atoms with Crippen molar-refractivity contribution in [3.05, 3.63) is 60.2 Å². The third-order valence-electron chi connectivity index (χ3n) is 4.98. The molecular weight excluding hydrogens is 288 g/mol. The number of unbranched alkanes of at least 4 members (excludes halogenated alkanes) is 7. The molecule has 0 aliphatic rings. The van der Waals surface area contributed by atoms with Crippen molar-refractivity contribution in [3.63, 3.8) is 0 Å². The molecule has 0 N–H and O–H groups in total. The summed E-state index contributed by atoms with van der Waals surface area (Å²) in [7, 11) is 0. The van der Waals surface area contributed by atoms with Crippen LogP contribution in [0.1, 0.15) is 63.9 Å². The fourth-order valence-corrected chi connectivity index (χ4v) is 3.51. The summed E-state index contributed by atoms with van der Waals surface area (Å²) in [5.74, 6) is 0. The molecule has 0 aliphatic carbocycles. The van der Waals surface area contributed by atoms with Crippen molar-refractivity contribution in [2.75, 3.05) is 0 Å². The summed E-state index contributed by atoms with van der Waals surface area (Å²) < 4.78 is 0. The van der Waals surface area contributed by atoms with Crippen molar-refractivity contribution < 1.29 is 0 Å². The Labute approximate surface area is 146 Å². The van der Waals surface area contributed by atoms with Gasteiger partial charge in [0.15, 0.2) is 0 Å². The Morgan fingerprint density at radius 3 is 2.21 bits per heavy atom. The average Bonchev–Trinajstić information content (AvgIpc) is 2.62. The van der Waals surface area contributed by atoms with Crippen LogP contribution >= 0.6 is 0 Å². The van der Waals surface area contributed by atoms with E-state index in [1.807, 2.05) is 0 Å². The van der Waals surface area contributed by atoms with Gasteiger partial charge in [0, 0.05) is 0 Å². The standard InChI is InChI=1S/C24H29/c1-2-3-4-5-6-7-8-9-12-20-15-16-23-18-21-13-10-11-14-22(21)19-24(23)17-20/h10-11,13-18H,2-9,12H2,1H3. The summed E-state index contributed by atoms with van der Waals surface area (Å²) in [6.07, 6.45) is 12.3. The molecule has 0 spiro atoms. The molecule has 0 bridgehead atoms. The molecule has 0 atom stereocenters. The Hall–Kier alpha value is -1.82. The van der Waals surface area contributed by atoms with E-state index in [9.17, 15) is 0 Å². The van der Waals surface area contributed by atoms with E-state index in [0.717, 1.165) is 0 Å². The number of aryl methyl sites for hydroxylation is 1. The Balaban J connectivity index is 1.53. The van der Waals surface area contributed by atoms with E-state index in [4.69, 9.17) is 0 Å². The van der Waals surface area contributed by atoms with Crippen LogP contribution in [0.2, 0.25) is 0 Å². The third-order valence-corrected chi connectivity index (χ3v) is 4.98. The Bertz CT molecular complexity index is 769. The van der Waals surface area contributed by atoms with Gasteiger partial charge in [-0.1, -0.05) is 94.3 Å². The van der Waals surface area contributed by atoms with Gasteiger partial charge in [0.05, 0.1) is 0 Å². The summed E-state index contributed by atoms with van der Waals surface area (Å²) in [4.78, 5) is 0. The molecule has 0 heterocycles. The van der Waals surface area contributed by atoms with Gasteiger partial charge in [0.2, 0.25) is 0 Å². The van der Waals surface area contributed by atoms with E-state index < -0.39 is 0 Å². The molecule has 0 fully saturated rings. The van der Waals surface area contributed by atoms with Crippen molar-refractivity contribution in [3.8, 4) is 0 Å². The highest BCUT2D eigenvalue weighted by Crippen LogP contribution is 2.24. The topological polar surface area (TPSA) is 0 Å². The van der Waals surface area contributed by atoms with Crippen LogP contribution in [0.5, 0.6) is 0 Å². The van der Waals surface area contributed by atoms with Gasteiger partial charge in [-0.15, -0.1) is 0 Å². The van der Waals surface area contributed by atoms with Crippen LogP contribution in [0.3, 0.4) is 0 Å². The summed E-state index contributed by atoms with van der Waals surface area (Å²) in [5.41, 5.74) is 1.46. The molecule has 0 saturated carbocycles. The van der Waals surface area contributed by atoms with Crippen molar-refractivity contribution in [2.45, 2.75) is 64.7 Å². The summed E-state index contributed by atoms with van der Waals surface area (Å²) in [5, 5.41) is 5.05. The predicted molar refractivity (Wildman–Crippen MR) is 107 cm³/mol. The molecule has 3 rings (SSSR count). The van der Waals surface area contributed by atoms with Gasteiger partial charge < -0.3 is 0 Å². The maximum Gasteiger partial charge on any atom is -0.00142 e. The first-order valence-corrected chi connectivity index (χ1v) is 9.70. The molecule has 0 saturated heterocycles. The Morgan fingerprint density at radius 1 is 0.667 bits per heavy atom. The number of hydrogen-bond acceptors (Lipinski definition) is 0. The minimum Gasteiger partial charge on any atom is -0.0654 e. The maximum absolute atomic E-state index is 3.58. The van der Waals surface area contributed by atoms with E-state index in [1.54, 1.807) is 0 Å². The molecule has 3 aromatic carbocycles. The SMILES string of the molecule is CCCCCCCCCCc1ccc2cc3ccccc3[c]c2c1. The van der Waals surface area contributed by atoms with Crippen LogP contribution in [0.15, 0.2) is 48.5 Å². The van der Waals surface area contributed by atoms with E-state index in [0.29, 0.717) is 0 Å². The number of fused-ring (bicyclic) bond motifs is 2. The highest BCUT2D eigenvalue weighted by Gasteiger charge is 2.01. The zero-order valence-corrected chi connectivity index (χ0v) is 15.0. The molecule has 0 amide bonds. The van der Waals surface area contributed by atoms with Gasteiger partial charge in [0.1, 0.15) is 0 Å². The molecule has 0 heteroatoms.